The minimum absolute atomic E-state index is 0.151. The molecule has 1 aliphatic rings. The number of aryl methyl sites for hydroxylation is 2. The number of unbranched alkanes of at least 4 members (excludes halogenated alkanes) is 1. The number of benzene rings is 1. The molecule has 2 rings (SSSR count). The van der Waals surface area contributed by atoms with E-state index in [-0.39, 0.29) is 5.75 Å². The van der Waals surface area contributed by atoms with Gasteiger partial charge in [-0.15, -0.1) is 0 Å². The van der Waals surface area contributed by atoms with Crippen molar-refractivity contribution in [2.75, 3.05) is 17.2 Å². The lowest BCUT2D eigenvalue weighted by molar-refractivity contribution is 0.480. The molecule has 0 aliphatic carbocycles. The molecular formula is C14H21NO3S2. The van der Waals surface area contributed by atoms with E-state index in [1.54, 1.807) is 0 Å². The van der Waals surface area contributed by atoms with Gasteiger partial charge in [-0.1, -0.05) is 11.8 Å². The van der Waals surface area contributed by atoms with Crippen LogP contribution >= 0.6 is 11.8 Å². The first-order valence-corrected chi connectivity index (χ1v) is 9.26. The molecule has 20 heavy (non-hydrogen) atoms. The van der Waals surface area contributed by atoms with E-state index >= 15 is 0 Å². The standard InChI is InChI=1S/C14H21NO3S2/c1-10-8-13-14(9-11(10)2)19-12(3)15(13)6-4-5-7-20(16,17)18/h8-9,12H,4-7H2,1-3H3,(H,16,17,18). The number of nitrogens with zero attached hydrogens (tertiary/aromatic N) is 1. The van der Waals surface area contributed by atoms with E-state index < -0.39 is 10.1 Å². The summed E-state index contributed by atoms with van der Waals surface area (Å²) < 4.78 is 30.2. The van der Waals surface area contributed by atoms with Crippen LogP contribution in [-0.4, -0.2) is 30.6 Å². The summed E-state index contributed by atoms with van der Waals surface area (Å²) in [7, 11) is -3.83. The molecule has 1 aromatic rings. The van der Waals surface area contributed by atoms with Crippen molar-refractivity contribution in [2.45, 2.75) is 43.9 Å². The van der Waals surface area contributed by atoms with Gasteiger partial charge in [0.25, 0.3) is 10.1 Å². The molecule has 0 amide bonds. The lowest BCUT2D eigenvalue weighted by Gasteiger charge is -2.24. The molecule has 1 unspecified atom stereocenters. The quantitative estimate of drug-likeness (QED) is 0.668. The third-order valence-electron chi connectivity index (χ3n) is 3.67. The minimum Gasteiger partial charge on any atom is -0.359 e. The van der Waals surface area contributed by atoms with Gasteiger partial charge in [-0.05, 0) is 56.9 Å². The smallest absolute Gasteiger partial charge is 0.264 e. The van der Waals surface area contributed by atoms with E-state index in [0.717, 1.165) is 13.0 Å². The molecule has 0 saturated heterocycles. The Morgan fingerprint density at radius 1 is 1.25 bits per heavy atom. The summed E-state index contributed by atoms with van der Waals surface area (Å²) in [6.07, 6.45) is 1.25. The van der Waals surface area contributed by atoms with Crippen molar-refractivity contribution in [1.29, 1.82) is 0 Å². The van der Waals surface area contributed by atoms with Crippen LogP contribution in [0.5, 0.6) is 0 Å². The molecule has 0 radical (unpaired) electrons. The molecule has 1 atom stereocenters. The van der Waals surface area contributed by atoms with E-state index in [1.165, 1.54) is 21.7 Å². The van der Waals surface area contributed by atoms with Crippen LogP contribution in [0.2, 0.25) is 0 Å². The van der Waals surface area contributed by atoms with Crippen molar-refractivity contribution >= 4 is 27.6 Å². The van der Waals surface area contributed by atoms with Gasteiger partial charge in [0.15, 0.2) is 0 Å². The average Bonchev–Trinajstić information content (AvgIpc) is 2.60. The SMILES string of the molecule is Cc1cc2c(cc1C)N(CCCCS(=O)(=O)O)C(C)S2. The zero-order chi connectivity index (χ0) is 14.9. The molecule has 1 aliphatic heterocycles. The summed E-state index contributed by atoms with van der Waals surface area (Å²) in [5.74, 6) is -0.151. The Bertz CT molecular complexity index is 599. The second-order valence-corrected chi connectivity index (χ2v) is 8.24. The Morgan fingerprint density at radius 3 is 2.55 bits per heavy atom. The maximum absolute atomic E-state index is 10.7. The predicted molar refractivity (Wildman–Crippen MR) is 84.2 cm³/mol. The van der Waals surface area contributed by atoms with Crippen molar-refractivity contribution in [3.05, 3.63) is 23.3 Å². The van der Waals surface area contributed by atoms with Crippen LogP contribution < -0.4 is 4.90 Å². The monoisotopic (exact) mass is 315 g/mol. The van der Waals surface area contributed by atoms with Gasteiger partial charge in [0.1, 0.15) is 0 Å². The molecule has 6 heteroatoms. The fraction of sp³-hybridized carbons (Fsp3) is 0.571. The number of rotatable bonds is 5. The summed E-state index contributed by atoms with van der Waals surface area (Å²) in [5, 5.41) is 0.372. The summed E-state index contributed by atoms with van der Waals surface area (Å²) in [6.45, 7) is 7.21. The molecule has 0 saturated carbocycles. The van der Waals surface area contributed by atoms with Crippen LogP contribution in [0, 0.1) is 13.8 Å². The summed E-state index contributed by atoms with van der Waals surface area (Å²) >= 11 is 1.84. The zero-order valence-electron chi connectivity index (χ0n) is 12.1. The largest absolute Gasteiger partial charge is 0.359 e. The maximum atomic E-state index is 10.7. The maximum Gasteiger partial charge on any atom is 0.264 e. The van der Waals surface area contributed by atoms with Crippen molar-refractivity contribution in [3.8, 4) is 0 Å². The van der Waals surface area contributed by atoms with Crippen molar-refractivity contribution in [3.63, 3.8) is 0 Å². The Kier molecular flexibility index (Phi) is 4.66. The van der Waals surface area contributed by atoms with E-state index in [0.29, 0.717) is 11.8 Å². The number of anilines is 1. The van der Waals surface area contributed by atoms with Crippen molar-refractivity contribution in [2.24, 2.45) is 0 Å². The Balaban J connectivity index is 2.02. The van der Waals surface area contributed by atoms with Gasteiger partial charge < -0.3 is 4.90 Å². The number of thioether (sulfide) groups is 1. The van der Waals surface area contributed by atoms with E-state index in [2.05, 4.69) is 37.8 Å². The molecule has 0 bridgehead atoms. The molecule has 1 heterocycles. The highest BCUT2D eigenvalue weighted by atomic mass is 32.2. The van der Waals surface area contributed by atoms with Crippen LogP contribution in [-0.2, 0) is 10.1 Å². The van der Waals surface area contributed by atoms with Crippen molar-refractivity contribution < 1.29 is 13.0 Å². The van der Waals surface area contributed by atoms with Crippen LogP contribution in [0.4, 0.5) is 5.69 Å². The second kappa shape index (κ2) is 5.95. The minimum atomic E-state index is -3.83. The lowest BCUT2D eigenvalue weighted by Crippen LogP contribution is -2.28. The first-order valence-electron chi connectivity index (χ1n) is 6.77. The second-order valence-electron chi connectivity index (χ2n) is 5.31. The Morgan fingerprint density at radius 2 is 1.90 bits per heavy atom. The zero-order valence-corrected chi connectivity index (χ0v) is 13.7. The van der Waals surface area contributed by atoms with E-state index in [4.69, 9.17) is 4.55 Å². The molecule has 0 spiro atoms. The van der Waals surface area contributed by atoms with Gasteiger partial charge in [0.05, 0.1) is 16.8 Å². The fourth-order valence-corrected chi connectivity index (χ4v) is 4.23. The molecular weight excluding hydrogens is 294 g/mol. The van der Waals surface area contributed by atoms with Crippen LogP contribution in [0.15, 0.2) is 17.0 Å². The highest BCUT2D eigenvalue weighted by Crippen LogP contribution is 2.44. The fourth-order valence-electron chi connectivity index (χ4n) is 2.41. The predicted octanol–water partition coefficient (Wildman–Crippen LogP) is 3.23. The number of hydrogen-bond acceptors (Lipinski definition) is 4. The highest BCUT2D eigenvalue weighted by molar-refractivity contribution is 8.00. The first-order chi connectivity index (χ1) is 9.28. The highest BCUT2D eigenvalue weighted by Gasteiger charge is 2.26. The molecule has 4 nitrogen and oxygen atoms in total. The third-order valence-corrected chi connectivity index (χ3v) is 5.65. The van der Waals surface area contributed by atoms with Gasteiger partial charge in [0, 0.05) is 11.4 Å². The Labute approximate surface area is 125 Å². The Hall–Kier alpha value is -0.720. The molecule has 0 aromatic heterocycles. The van der Waals surface area contributed by atoms with E-state index in [1.807, 2.05) is 11.8 Å². The van der Waals surface area contributed by atoms with Gasteiger partial charge in [-0.25, -0.2) is 0 Å². The summed E-state index contributed by atoms with van der Waals surface area (Å²) in [5.41, 5.74) is 3.83. The van der Waals surface area contributed by atoms with Crippen LogP contribution in [0.3, 0.4) is 0 Å². The van der Waals surface area contributed by atoms with Crippen molar-refractivity contribution in [1.82, 2.24) is 0 Å². The lowest BCUT2D eigenvalue weighted by atomic mass is 10.1. The third kappa shape index (κ3) is 3.68. The molecule has 1 aromatic carbocycles. The average molecular weight is 315 g/mol. The molecule has 0 fully saturated rings. The topological polar surface area (TPSA) is 57.6 Å². The first kappa shape index (κ1) is 15.7. The van der Waals surface area contributed by atoms with Gasteiger partial charge in [0.2, 0.25) is 0 Å². The summed E-state index contributed by atoms with van der Waals surface area (Å²) in [4.78, 5) is 3.62. The summed E-state index contributed by atoms with van der Waals surface area (Å²) in [6, 6.07) is 4.44. The normalized spacial score (nSPS) is 18.4. The van der Waals surface area contributed by atoms with E-state index in [9.17, 15) is 8.42 Å². The van der Waals surface area contributed by atoms with Gasteiger partial charge >= 0.3 is 0 Å². The van der Waals surface area contributed by atoms with Gasteiger partial charge in [-0.3, -0.25) is 4.55 Å². The van der Waals surface area contributed by atoms with Gasteiger partial charge in [-0.2, -0.15) is 8.42 Å². The molecule has 1 N–H and O–H groups in total. The number of hydrogen-bond donors (Lipinski definition) is 1. The molecule has 112 valence electrons. The number of fused-ring (bicyclic) bond motifs is 1. The van der Waals surface area contributed by atoms with Crippen LogP contribution in [0.25, 0.3) is 0 Å². The van der Waals surface area contributed by atoms with Crippen LogP contribution in [0.1, 0.15) is 30.9 Å².